The van der Waals surface area contributed by atoms with Crippen molar-refractivity contribution in [2.75, 3.05) is 33.7 Å². The maximum absolute atomic E-state index is 12.4. The number of hydrogen-bond donors (Lipinski definition) is 1. The molecule has 0 unspecified atom stereocenters. The fourth-order valence-corrected chi connectivity index (χ4v) is 9.25. The summed E-state index contributed by atoms with van der Waals surface area (Å²) in [4.78, 5) is 51.7. The van der Waals surface area contributed by atoms with E-state index in [-0.39, 0.29) is 18.0 Å². The number of fused-ring (bicyclic) bond motifs is 1. The van der Waals surface area contributed by atoms with Crippen molar-refractivity contribution in [3.8, 4) is 0 Å². The number of allylic oxidation sites excluding steroid dienone is 4. The van der Waals surface area contributed by atoms with Crippen molar-refractivity contribution in [2.45, 2.75) is 280 Å². The van der Waals surface area contributed by atoms with Crippen LogP contribution in [-0.2, 0) is 32.1 Å². The minimum absolute atomic E-state index is 0.0308. The summed E-state index contributed by atoms with van der Waals surface area (Å²) >= 11 is 1.64. The number of nitrogens with one attached hydrogen (secondary N) is 1. The first-order valence-corrected chi connectivity index (χ1v) is 29.7. The molecular formula is C60H113N3O5S. The van der Waals surface area contributed by atoms with Crippen LogP contribution in [0.1, 0.15) is 280 Å². The Morgan fingerprint density at radius 2 is 1.13 bits per heavy atom. The van der Waals surface area contributed by atoms with Crippen molar-refractivity contribution in [1.29, 1.82) is 0 Å². The highest BCUT2D eigenvalue weighted by atomic mass is 32.1. The Balaban J connectivity index is -0.000000926. The smallest absolute Gasteiger partial charge is 0.306 e. The molecule has 69 heavy (non-hydrogen) atoms. The molecule has 0 radical (unpaired) electrons. The molecule has 0 saturated carbocycles. The van der Waals surface area contributed by atoms with Crippen LogP contribution in [0.5, 0.6) is 0 Å². The molecule has 0 aromatic carbocycles. The highest BCUT2D eigenvalue weighted by Gasteiger charge is 2.25. The van der Waals surface area contributed by atoms with Crippen molar-refractivity contribution in [2.24, 2.45) is 0 Å². The van der Waals surface area contributed by atoms with Crippen molar-refractivity contribution < 1.29 is 23.9 Å². The fourth-order valence-electron chi connectivity index (χ4n) is 8.00. The van der Waals surface area contributed by atoms with Crippen molar-refractivity contribution in [3.63, 3.8) is 0 Å². The van der Waals surface area contributed by atoms with E-state index in [1.54, 1.807) is 16.2 Å². The zero-order valence-corrected chi connectivity index (χ0v) is 48.2. The van der Waals surface area contributed by atoms with E-state index in [0.29, 0.717) is 32.5 Å². The molecule has 1 aliphatic heterocycles. The molecule has 2 rings (SSSR count). The van der Waals surface area contributed by atoms with Gasteiger partial charge in [-0.2, -0.15) is 0 Å². The summed E-state index contributed by atoms with van der Waals surface area (Å²) in [5.41, 5.74) is 1.98. The Morgan fingerprint density at radius 3 is 1.64 bits per heavy atom. The zero-order valence-electron chi connectivity index (χ0n) is 47.3. The molecule has 0 bridgehead atoms. The third-order valence-electron chi connectivity index (χ3n) is 12.0. The zero-order chi connectivity index (χ0) is 52.0. The first kappa shape index (κ1) is 70.5. The van der Waals surface area contributed by atoms with Gasteiger partial charge >= 0.3 is 5.97 Å². The van der Waals surface area contributed by atoms with Crippen LogP contribution in [0.2, 0.25) is 0 Å². The van der Waals surface area contributed by atoms with Crippen LogP contribution in [0.3, 0.4) is 0 Å². The minimum Gasteiger partial charge on any atom is -0.462 e. The van der Waals surface area contributed by atoms with Crippen LogP contribution >= 0.6 is 11.3 Å². The number of aryl methyl sites for hydroxylation is 1. The molecule has 9 heteroatoms. The third-order valence-corrected chi connectivity index (χ3v) is 13.2. The van der Waals surface area contributed by atoms with Gasteiger partial charge in [0.05, 0.1) is 12.1 Å². The third kappa shape index (κ3) is 44.9. The van der Waals surface area contributed by atoms with Gasteiger partial charge in [-0.15, -0.1) is 11.3 Å². The van der Waals surface area contributed by atoms with Crippen LogP contribution in [0.4, 0.5) is 0 Å². The normalized spacial score (nSPS) is 11.8. The van der Waals surface area contributed by atoms with Crippen LogP contribution in [0.25, 0.3) is 0 Å². The number of amides is 2. The van der Waals surface area contributed by atoms with Gasteiger partial charge in [-0.1, -0.05) is 189 Å². The van der Waals surface area contributed by atoms with Crippen LogP contribution in [-0.4, -0.2) is 74.2 Å². The molecule has 0 saturated heterocycles. The quantitative estimate of drug-likeness (QED) is 0.0306. The van der Waals surface area contributed by atoms with Crippen LogP contribution < -0.4 is 5.32 Å². The number of aldehydes is 1. The first-order valence-electron chi connectivity index (χ1n) is 28.8. The molecule has 0 atom stereocenters. The molecule has 8 nitrogen and oxygen atoms in total. The van der Waals surface area contributed by atoms with Gasteiger partial charge in [0, 0.05) is 35.7 Å². The van der Waals surface area contributed by atoms with E-state index in [1.807, 2.05) is 48.7 Å². The van der Waals surface area contributed by atoms with Crippen LogP contribution in [0, 0.1) is 6.92 Å². The Morgan fingerprint density at radius 1 is 0.652 bits per heavy atom. The van der Waals surface area contributed by atoms with Gasteiger partial charge in [-0.3, -0.25) is 14.4 Å². The lowest BCUT2D eigenvalue weighted by atomic mass is 10.0. The number of rotatable bonds is 39. The maximum Gasteiger partial charge on any atom is 0.306 e. The van der Waals surface area contributed by atoms with E-state index >= 15 is 0 Å². The second kappa shape index (κ2) is 56.1. The number of nitrogens with zero attached hydrogens (tertiary/aromatic N) is 2. The Hall–Kier alpha value is -2.78. The molecule has 0 aliphatic carbocycles. The molecule has 0 spiro atoms. The predicted molar refractivity (Wildman–Crippen MR) is 303 cm³/mol. The second-order valence-electron chi connectivity index (χ2n) is 18.5. The van der Waals surface area contributed by atoms with E-state index in [1.165, 1.54) is 148 Å². The summed E-state index contributed by atoms with van der Waals surface area (Å²) in [6.45, 7) is 22.0. The lowest BCUT2D eigenvalue weighted by Crippen LogP contribution is -2.31. The number of thiophene rings is 1. The lowest BCUT2D eigenvalue weighted by Gasteiger charge is -2.23. The minimum atomic E-state index is -0.0714. The van der Waals surface area contributed by atoms with Crippen molar-refractivity contribution in [3.05, 3.63) is 45.2 Å². The van der Waals surface area contributed by atoms with E-state index in [2.05, 4.69) is 62.2 Å². The second-order valence-corrected chi connectivity index (χ2v) is 19.9. The summed E-state index contributed by atoms with van der Waals surface area (Å²) in [5, 5.41) is 3.01. The van der Waals surface area contributed by atoms with E-state index < -0.39 is 0 Å². The van der Waals surface area contributed by atoms with Crippen molar-refractivity contribution in [1.82, 2.24) is 15.1 Å². The molecule has 404 valence electrons. The van der Waals surface area contributed by atoms with Gasteiger partial charge < -0.3 is 24.6 Å². The van der Waals surface area contributed by atoms with Gasteiger partial charge in [0.25, 0.3) is 5.91 Å². The number of carbonyl (C=O) groups is 4. The van der Waals surface area contributed by atoms with Gasteiger partial charge in [0.1, 0.15) is 12.4 Å². The van der Waals surface area contributed by atoms with Gasteiger partial charge in [0.2, 0.25) is 6.41 Å². The van der Waals surface area contributed by atoms with E-state index in [0.717, 1.165) is 85.1 Å². The van der Waals surface area contributed by atoms with Gasteiger partial charge in [-0.05, 0) is 117 Å². The SMILES string of the molecule is CC.CC.CCCCC/C=C\C/C=C\CCCCCCCC.CCCCCCCCC(CCCCCCCC)OC(=O)CCCCC=O.Cc1sc2c(c1C(=O)NCCCN(C)C)CCN(C=O)C2. The summed E-state index contributed by atoms with van der Waals surface area (Å²) in [5.74, 6) is -0.0406. The Labute approximate surface area is 432 Å². The summed E-state index contributed by atoms with van der Waals surface area (Å²) < 4.78 is 5.76. The monoisotopic (exact) mass is 988 g/mol. The summed E-state index contributed by atoms with van der Waals surface area (Å²) in [7, 11) is 4.06. The molecule has 1 N–H and O–H groups in total. The van der Waals surface area contributed by atoms with E-state index in [4.69, 9.17) is 4.74 Å². The molecule has 0 fully saturated rings. The standard InChI is InChI=1S/C23H44O3.C18H34.C15H23N3O2S.2C2H6/c1-3-5-7-9-11-14-18-22(19-15-12-10-8-6-4-2)26-23(25)20-16-13-17-21-24;1-3-5-7-9-11-13-15-17-18-16-14-12-10-8-6-4-2;1-11-14(15(20)16-6-4-7-17(2)3)12-5-8-18(10-19)9-13(12)21-11;2*1-2/h21-22H,3-20H2,1-2H3;11,13,17-18H,3-10,12,14-16H2,1-2H3;10H,4-9H2,1-3H3,(H,16,20);2*1-2H3/b;13-11-,18-17-;;;. The molecule has 1 aliphatic rings. The number of esters is 1. The summed E-state index contributed by atoms with van der Waals surface area (Å²) in [6, 6.07) is 0. The summed E-state index contributed by atoms with van der Waals surface area (Å²) in [6.07, 6.45) is 49.0. The van der Waals surface area contributed by atoms with Gasteiger partial charge in [0.15, 0.2) is 0 Å². The highest BCUT2D eigenvalue weighted by molar-refractivity contribution is 7.12. The Kier molecular flexibility index (Phi) is 57.3. The molecule has 2 heterocycles. The molecule has 1 aromatic rings. The average molecular weight is 989 g/mol. The molecule has 2 amide bonds. The highest BCUT2D eigenvalue weighted by Crippen LogP contribution is 2.32. The number of carbonyl (C=O) groups excluding carboxylic acids is 4. The number of hydrogen-bond acceptors (Lipinski definition) is 7. The van der Waals surface area contributed by atoms with Crippen molar-refractivity contribution >= 4 is 35.9 Å². The number of unbranched alkanes of at least 4 members (excludes halogenated alkanes) is 21. The first-order chi connectivity index (χ1) is 33.7. The van der Waals surface area contributed by atoms with Gasteiger partial charge in [-0.25, -0.2) is 0 Å². The largest absolute Gasteiger partial charge is 0.462 e. The Bertz CT molecular complexity index is 1330. The molecule has 1 aromatic heterocycles. The van der Waals surface area contributed by atoms with E-state index in [9.17, 15) is 19.2 Å². The topological polar surface area (TPSA) is 96.0 Å². The molecular weight excluding hydrogens is 875 g/mol. The number of ether oxygens (including phenoxy) is 1. The maximum atomic E-state index is 12.4. The lowest BCUT2D eigenvalue weighted by molar-refractivity contribution is -0.150. The van der Waals surface area contributed by atoms with Crippen LogP contribution in [0.15, 0.2) is 24.3 Å². The predicted octanol–water partition coefficient (Wildman–Crippen LogP) is 17.3. The average Bonchev–Trinajstić information content (AvgIpc) is 3.70. The fraction of sp³-hybridized carbons (Fsp3) is 0.800.